The van der Waals surface area contributed by atoms with Gasteiger partial charge in [0.1, 0.15) is 17.4 Å². The molecule has 0 aliphatic heterocycles. The van der Waals surface area contributed by atoms with Gasteiger partial charge in [-0.3, -0.25) is 4.79 Å². The van der Waals surface area contributed by atoms with E-state index in [2.05, 4.69) is 5.32 Å². The zero-order chi connectivity index (χ0) is 21.4. The second-order valence-electron chi connectivity index (χ2n) is 6.90. The van der Waals surface area contributed by atoms with Gasteiger partial charge >= 0.3 is 0 Å². The maximum atomic E-state index is 12.5. The molecule has 2 aromatic rings. The van der Waals surface area contributed by atoms with Gasteiger partial charge in [-0.05, 0) is 63.6 Å². The van der Waals surface area contributed by atoms with Crippen molar-refractivity contribution in [2.75, 3.05) is 12.4 Å². The Morgan fingerprint density at radius 1 is 1.03 bits per heavy atom. The van der Waals surface area contributed by atoms with Crippen LogP contribution in [-0.4, -0.2) is 25.2 Å². The molecule has 1 N–H and O–H groups in total. The molecule has 0 heterocycles. The third-order valence-electron chi connectivity index (χ3n) is 3.69. The summed E-state index contributed by atoms with van der Waals surface area (Å²) in [7, 11) is 1.54. The molecule has 2 rings (SSSR count). The first-order valence-electron chi connectivity index (χ1n) is 9.37. The van der Waals surface area contributed by atoms with E-state index < -0.39 is 5.91 Å². The van der Waals surface area contributed by atoms with Gasteiger partial charge in [0.15, 0.2) is 11.5 Å². The van der Waals surface area contributed by atoms with Crippen LogP contribution < -0.4 is 19.5 Å². The van der Waals surface area contributed by atoms with E-state index in [1.807, 2.05) is 39.8 Å². The molecular formula is C23H26N2O4. The second-order valence-corrected chi connectivity index (χ2v) is 6.90. The molecule has 0 aromatic heterocycles. The Bertz CT molecular complexity index is 927. The molecule has 2 aromatic carbocycles. The Labute approximate surface area is 171 Å². The minimum atomic E-state index is -0.504. The summed E-state index contributed by atoms with van der Waals surface area (Å²) in [5, 5.41) is 12.2. The van der Waals surface area contributed by atoms with Gasteiger partial charge in [0.25, 0.3) is 5.91 Å². The van der Waals surface area contributed by atoms with Crippen molar-refractivity contribution < 1.29 is 19.0 Å². The van der Waals surface area contributed by atoms with Gasteiger partial charge in [-0.2, -0.15) is 5.26 Å². The number of nitrogens with zero attached hydrogens (tertiary/aromatic N) is 1. The van der Waals surface area contributed by atoms with E-state index in [4.69, 9.17) is 14.2 Å². The molecule has 0 unspecified atom stereocenters. The molecule has 0 fully saturated rings. The van der Waals surface area contributed by atoms with Gasteiger partial charge in [0.2, 0.25) is 0 Å². The fraction of sp³-hybridized carbons (Fsp3) is 0.304. The number of carbonyl (C=O) groups is 1. The van der Waals surface area contributed by atoms with Crippen molar-refractivity contribution in [3.63, 3.8) is 0 Å². The summed E-state index contributed by atoms with van der Waals surface area (Å²) in [4.78, 5) is 12.5. The average molecular weight is 394 g/mol. The first kappa shape index (κ1) is 21.8. The van der Waals surface area contributed by atoms with Gasteiger partial charge in [-0.15, -0.1) is 0 Å². The van der Waals surface area contributed by atoms with Crippen molar-refractivity contribution in [2.45, 2.75) is 39.9 Å². The lowest BCUT2D eigenvalue weighted by Crippen LogP contribution is -2.14. The predicted molar refractivity (Wildman–Crippen MR) is 113 cm³/mol. The van der Waals surface area contributed by atoms with Crippen LogP contribution in [-0.2, 0) is 4.79 Å². The number of hydrogen-bond acceptors (Lipinski definition) is 5. The third kappa shape index (κ3) is 6.58. The number of ether oxygens (including phenoxy) is 3. The van der Waals surface area contributed by atoms with Gasteiger partial charge in [-0.25, -0.2) is 0 Å². The highest BCUT2D eigenvalue weighted by Crippen LogP contribution is 2.30. The summed E-state index contributed by atoms with van der Waals surface area (Å²) in [5.74, 6) is 1.27. The minimum Gasteiger partial charge on any atom is -0.493 e. The highest BCUT2D eigenvalue weighted by Gasteiger charge is 2.12. The second kappa shape index (κ2) is 10.2. The summed E-state index contributed by atoms with van der Waals surface area (Å²) < 4.78 is 16.7. The number of nitriles is 1. The molecule has 0 saturated heterocycles. The molecule has 0 saturated carbocycles. The van der Waals surface area contributed by atoms with Gasteiger partial charge in [0, 0.05) is 11.8 Å². The monoisotopic (exact) mass is 394 g/mol. The van der Waals surface area contributed by atoms with Crippen LogP contribution in [0.25, 0.3) is 6.08 Å². The van der Waals surface area contributed by atoms with Crippen LogP contribution in [0.15, 0.2) is 48.0 Å². The lowest BCUT2D eigenvalue weighted by atomic mass is 10.1. The number of hydrogen-bond donors (Lipinski definition) is 1. The predicted octanol–water partition coefficient (Wildman–Crippen LogP) is 4.82. The normalized spacial score (nSPS) is 11.2. The fourth-order valence-corrected chi connectivity index (χ4v) is 2.56. The number of anilines is 1. The van der Waals surface area contributed by atoms with Crippen molar-refractivity contribution >= 4 is 17.7 Å². The Kier molecular flexibility index (Phi) is 7.67. The number of carbonyl (C=O) groups excluding carboxylic acids is 1. The highest BCUT2D eigenvalue weighted by atomic mass is 16.5. The van der Waals surface area contributed by atoms with Crippen LogP contribution in [0.4, 0.5) is 5.69 Å². The molecule has 1 amide bonds. The zero-order valence-corrected chi connectivity index (χ0v) is 17.4. The first-order valence-corrected chi connectivity index (χ1v) is 9.37. The molecule has 0 aliphatic rings. The van der Waals surface area contributed by atoms with Crippen molar-refractivity contribution in [3.8, 4) is 23.3 Å². The zero-order valence-electron chi connectivity index (χ0n) is 17.4. The van der Waals surface area contributed by atoms with Crippen LogP contribution in [0.1, 0.15) is 33.3 Å². The van der Waals surface area contributed by atoms with Crippen LogP contribution in [0.2, 0.25) is 0 Å². The Morgan fingerprint density at radius 2 is 1.76 bits per heavy atom. The fourth-order valence-electron chi connectivity index (χ4n) is 2.56. The number of methoxy groups -OCH3 is 1. The standard InChI is InChI=1S/C23H26N2O4/c1-15(2)28-20-8-6-7-19(13-20)25-23(26)18(14-24)11-17-9-10-21(29-16(3)4)22(12-17)27-5/h6-13,15-16H,1-5H3,(H,25,26)/b18-11-. The highest BCUT2D eigenvalue weighted by molar-refractivity contribution is 6.09. The molecule has 0 bridgehead atoms. The van der Waals surface area contributed by atoms with Crippen LogP contribution >= 0.6 is 0 Å². The lowest BCUT2D eigenvalue weighted by molar-refractivity contribution is -0.112. The van der Waals surface area contributed by atoms with E-state index in [0.29, 0.717) is 28.5 Å². The molecule has 6 heteroatoms. The van der Waals surface area contributed by atoms with Crippen molar-refractivity contribution in [2.24, 2.45) is 0 Å². The molecular weight excluding hydrogens is 368 g/mol. The Balaban J connectivity index is 2.21. The smallest absolute Gasteiger partial charge is 0.266 e. The summed E-state index contributed by atoms with van der Waals surface area (Å²) in [6.07, 6.45) is 1.53. The van der Waals surface area contributed by atoms with Crippen LogP contribution in [0.5, 0.6) is 17.2 Å². The van der Waals surface area contributed by atoms with E-state index in [0.717, 1.165) is 0 Å². The number of nitrogens with one attached hydrogen (secondary N) is 1. The van der Waals surface area contributed by atoms with Crippen molar-refractivity contribution in [1.82, 2.24) is 0 Å². The summed E-state index contributed by atoms with van der Waals surface area (Å²) >= 11 is 0. The summed E-state index contributed by atoms with van der Waals surface area (Å²) in [6.45, 7) is 7.69. The third-order valence-corrected chi connectivity index (χ3v) is 3.69. The Hall–Kier alpha value is -3.46. The van der Waals surface area contributed by atoms with E-state index in [9.17, 15) is 10.1 Å². The van der Waals surface area contributed by atoms with Gasteiger partial charge < -0.3 is 19.5 Å². The summed E-state index contributed by atoms with van der Waals surface area (Å²) in [5.41, 5.74) is 1.17. The van der Waals surface area contributed by atoms with Crippen molar-refractivity contribution in [1.29, 1.82) is 5.26 Å². The average Bonchev–Trinajstić information content (AvgIpc) is 2.66. The van der Waals surface area contributed by atoms with Crippen LogP contribution in [0.3, 0.4) is 0 Å². The topological polar surface area (TPSA) is 80.6 Å². The molecule has 6 nitrogen and oxygen atoms in total. The molecule has 0 radical (unpaired) electrons. The maximum absolute atomic E-state index is 12.5. The molecule has 0 spiro atoms. The van der Waals surface area contributed by atoms with E-state index in [-0.39, 0.29) is 17.8 Å². The molecule has 152 valence electrons. The van der Waals surface area contributed by atoms with Crippen LogP contribution in [0, 0.1) is 11.3 Å². The largest absolute Gasteiger partial charge is 0.493 e. The Morgan fingerprint density at radius 3 is 2.38 bits per heavy atom. The maximum Gasteiger partial charge on any atom is 0.266 e. The molecule has 0 aliphatic carbocycles. The lowest BCUT2D eigenvalue weighted by Gasteiger charge is -2.14. The molecule has 29 heavy (non-hydrogen) atoms. The van der Waals surface area contributed by atoms with E-state index in [1.165, 1.54) is 6.08 Å². The van der Waals surface area contributed by atoms with E-state index >= 15 is 0 Å². The first-order chi connectivity index (χ1) is 13.8. The van der Waals surface area contributed by atoms with Crippen molar-refractivity contribution in [3.05, 3.63) is 53.6 Å². The number of benzene rings is 2. The van der Waals surface area contributed by atoms with Gasteiger partial charge in [0.05, 0.1) is 19.3 Å². The minimum absolute atomic E-state index is 0.00109. The summed E-state index contributed by atoms with van der Waals surface area (Å²) in [6, 6.07) is 14.2. The number of rotatable bonds is 8. The SMILES string of the molecule is COc1cc(/C=C(/C#N)C(=O)Nc2cccc(OC(C)C)c2)ccc1OC(C)C. The van der Waals surface area contributed by atoms with Gasteiger partial charge in [-0.1, -0.05) is 12.1 Å². The number of amides is 1. The quantitative estimate of drug-likeness (QED) is 0.513. The molecule has 0 atom stereocenters. The van der Waals surface area contributed by atoms with E-state index in [1.54, 1.807) is 43.5 Å².